The smallest absolute Gasteiger partial charge is 0.293 e. The van der Waals surface area contributed by atoms with Gasteiger partial charge < -0.3 is 15.1 Å². The number of carbonyl (C=O) groups is 2. The normalized spacial score (nSPS) is 10.8. The van der Waals surface area contributed by atoms with E-state index in [9.17, 15) is 22.8 Å². The summed E-state index contributed by atoms with van der Waals surface area (Å²) in [4.78, 5) is 25.3. The molecular formula is C22H13F3N2O3. The summed E-state index contributed by atoms with van der Waals surface area (Å²) in [6, 6.07) is 14.7. The van der Waals surface area contributed by atoms with E-state index in [1.807, 2.05) is 0 Å². The molecule has 0 aliphatic carbocycles. The minimum absolute atomic E-state index is 0.0628. The first-order valence-corrected chi connectivity index (χ1v) is 8.78. The summed E-state index contributed by atoms with van der Waals surface area (Å²) in [7, 11) is 0. The monoisotopic (exact) mass is 410 g/mol. The van der Waals surface area contributed by atoms with Gasteiger partial charge in [0.2, 0.25) is 5.76 Å². The van der Waals surface area contributed by atoms with Crippen molar-refractivity contribution in [3.8, 4) is 0 Å². The molecule has 0 atom stereocenters. The van der Waals surface area contributed by atoms with Crippen molar-refractivity contribution >= 4 is 34.2 Å². The van der Waals surface area contributed by atoms with Gasteiger partial charge in [-0.05, 0) is 42.5 Å². The van der Waals surface area contributed by atoms with Crippen LogP contribution in [0.1, 0.15) is 20.9 Å². The lowest BCUT2D eigenvalue weighted by Gasteiger charge is -2.08. The van der Waals surface area contributed by atoms with Gasteiger partial charge in [-0.1, -0.05) is 24.3 Å². The standard InChI is InChI=1S/C22H13F3N2O3/c23-12-5-3-6-13(11-12)26-22(29)20-19(14-7-1-2-10-17(14)30-20)27-21(28)18-15(24)8-4-9-16(18)25/h1-11H,(H,26,29)(H,27,28). The van der Waals surface area contributed by atoms with Crippen molar-refractivity contribution in [3.05, 3.63) is 95.5 Å². The van der Waals surface area contributed by atoms with E-state index in [0.717, 1.165) is 24.3 Å². The number of benzene rings is 3. The zero-order valence-electron chi connectivity index (χ0n) is 15.2. The lowest BCUT2D eigenvalue weighted by molar-refractivity contribution is 0.0999. The maximum Gasteiger partial charge on any atom is 0.293 e. The average Bonchev–Trinajstić information content (AvgIpc) is 3.06. The highest BCUT2D eigenvalue weighted by Crippen LogP contribution is 2.32. The Kier molecular flexibility index (Phi) is 4.97. The van der Waals surface area contributed by atoms with E-state index in [-0.39, 0.29) is 22.7 Å². The van der Waals surface area contributed by atoms with Gasteiger partial charge in [-0.15, -0.1) is 0 Å². The summed E-state index contributed by atoms with van der Waals surface area (Å²) in [6.45, 7) is 0. The van der Waals surface area contributed by atoms with Gasteiger partial charge in [0.05, 0.1) is 0 Å². The van der Waals surface area contributed by atoms with Gasteiger partial charge in [0.15, 0.2) is 0 Å². The summed E-state index contributed by atoms with van der Waals surface area (Å²) in [5.74, 6) is -4.82. The minimum Gasteiger partial charge on any atom is -0.449 e. The van der Waals surface area contributed by atoms with Crippen LogP contribution in [0.3, 0.4) is 0 Å². The molecule has 0 aliphatic heterocycles. The second-order valence-corrected chi connectivity index (χ2v) is 6.32. The first-order chi connectivity index (χ1) is 14.4. The summed E-state index contributed by atoms with van der Waals surface area (Å²) in [5.41, 5.74) is -0.421. The van der Waals surface area contributed by atoms with Crippen LogP contribution in [0.5, 0.6) is 0 Å². The van der Waals surface area contributed by atoms with Gasteiger partial charge in [0, 0.05) is 11.1 Å². The summed E-state index contributed by atoms with van der Waals surface area (Å²) in [5, 5.41) is 5.18. The van der Waals surface area contributed by atoms with Crippen LogP contribution in [-0.2, 0) is 0 Å². The number of furan rings is 1. The van der Waals surface area contributed by atoms with Crippen molar-refractivity contribution in [2.75, 3.05) is 10.6 Å². The molecule has 150 valence electrons. The van der Waals surface area contributed by atoms with Crippen molar-refractivity contribution in [1.82, 2.24) is 0 Å². The second kappa shape index (κ2) is 7.75. The third-order valence-corrected chi connectivity index (χ3v) is 4.31. The molecule has 2 N–H and O–H groups in total. The number of amides is 2. The molecule has 0 saturated carbocycles. The summed E-state index contributed by atoms with van der Waals surface area (Å²) < 4.78 is 46.9. The number of halogens is 3. The topological polar surface area (TPSA) is 71.3 Å². The lowest BCUT2D eigenvalue weighted by atomic mass is 10.1. The van der Waals surface area contributed by atoms with Crippen LogP contribution in [0.2, 0.25) is 0 Å². The van der Waals surface area contributed by atoms with Crippen molar-refractivity contribution in [3.63, 3.8) is 0 Å². The number of hydrogen-bond donors (Lipinski definition) is 2. The largest absolute Gasteiger partial charge is 0.449 e. The Balaban J connectivity index is 1.73. The highest BCUT2D eigenvalue weighted by Gasteiger charge is 2.25. The van der Waals surface area contributed by atoms with Gasteiger partial charge in [0.1, 0.15) is 34.3 Å². The van der Waals surface area contributed by atoms with Crippen molar-refractivity contribution < 1.29 is 27.2 Å². The van der Waals surface area contributed by atoms with E-state index in [0.29, 0.717) is 5.39 Å². The molecule has 0 spiro atoms. The van der Waals surface area contributed by atoms with E-state index < -0.39 is 34.8 Å². The van der Waals surface area contributed by atoms with Crippen LogP contribution >= 0.6 is 0 Å². The van der Waals surface area contributed by atoms with Crippen LogP contribution in [-0.4, -0.2) is 11.8 Å². The van der Waals surface area contributed by atoms with Crippen LogP contribution in [0, 0.1) is 17.5 Å². The quantitative estimate of drug-likeness (QED) is 0.476. The van der Waals surface area contributed by atoms with Gasteiger partial charge >= 0.3 is 0 Å². The fraction of sp³-hybridized carbons (Fsp3) is 0. The summed E-state index contributed by atoms with van der Waals surface area (Å²) in [6.07, 6.45) is 0. The molecule has 0 aliphatic rings. The van der Waals surface area contributed by atoms with Crippen LogP contribution in [0.4, 0.5) is 24.5 Å². The molecule has 8 heteroatoms. The molecule has 2 amide bonds. The maximum absolute atomic E-state index is 14.0. The van der Waals surface area contributed by atoms with E-state index in [1.54, 1.807) is 24.3 Å². The molecule has 0 unspecified atom stereocenters. The first-order valence-electron chi connectivity index (χ1n) is 8.78. The molecule has 1 heterocycles. The van der Waals surface area contributed by atoms with Gasteiger partial charge in [-0.2, -0.15) is 0 Å². The van der Waals surface area contributed by atoms with Crippen LogP contribution in [0.15, 0.2) is 71.1 Å². The average molecular weight is 410 g/mol. The molecule has 5 nitrogen and oxygen atoms in total. The molecule has 30 heavy (non-hydrogen) atoms. The first kappa shape index (κ1) is 19.3. The maximum atomic E-state index is 14.0. The molecule has 4 aromatic rings. The molecule has 0 radical (unpaired) electrons. The molecule has 0 saturated heterocycles. The molecule has 3 aromatic carbocycles. The predicted molar refractivity (Wildman–Crippen MR) is 105 cm³/mol. The third-order valence-electron chi connectivity index (χ3n) is 4.31. The molecule has 0 bridgehead atoms. The number of rotatable bonds is 4. The third kappa shape index (κ3) is 3.62. The van der Waals surface area contributed by atoms with E-state index >= 15 is 0 Å². The Labute approximate surface area is 168 Å². The second-order valence-electron chi connectivity index (χ2n) is 6.32. The van der Waals surface area contributed by atoms with Crippen molar-refractivity contribution in [2.45, 2.75) is 0 Å². The van der Waals surface area contributed by atoms with E-state index in [2.05, 4.69) is 10.6 Å². The number of carbonyl (C=O) groups excluding carboxylic acids is 2. The van der Waals surface area contributed by atoms with Crippen LogP contribution < -0.4 is 10.6 Å². The summed E-state index contributed by atoms with van der Waals surface area (Å²) >= 11 is 0. The molecule has 0 fully saturated rings. The molecule has 1 aromatic heterocycles. The van der Waals surface area contributed by atoms with Gasteiger partial charge in [-0.3, -0.25) is 9.59 Å². The fourth-order valence-electron chi connectivity index (χ4n) is 2.97. The Bertz CT molecular complexity index is 1260. The Morgan fingerprint density at radius 2 is 1.47 bits per heavy atom. The van der Waals surface area contributed by atoms with Gasteiger partial charge in [-0.25, -0.2) is 13.2 Å². The molecular weight excluding hydrogens is 397 g/mol. The van der Waals surface area contributed by atoms with E-state index in [1.165, 1.54) is 18.2 Å². The Morgan fingerprint density at radius 3 is 2.20 bits per heavy atom. The minimum atomic E-state index is -1.09. The predicted octanol–water partition coefficient (Wildman–Crippen LogP) is 5.35. The van der Waals surface area contributed by atoms with Crippen LogP contribution in [0.25, 0.3) is 11.0 Å². The lowest BCUT2D eigenvalue weighted by Crippen LogP contribution is -2.19. The van der Waals surface area contributed by atoms with E-state index in [4.69, 9.17) is 4.42 Å². The number of fused-ring (bicyclic) bond motifs is 1. The zero-order valence-corrected chi connectivity index (χ0v) is 15.2. The van der Waals surface area contributed by atoms with Gasteiger partial charge in [0.25, 0.3) is 11.8 Å². The number of anilines is 2. The zero-order chi connectivity index (χ0) is 21.3. The highest BCUT2D eigenvalue weighted by atomic mass is 19.1. The van der Waals surface area contributed by atoms with Crippen molar-refractivity contribution in [2.24, 2.45) is 0 Å². The SMILES string of the molecule is O=C(Nc1cccc(F)c1)c1oc2ccccc2c1NC(=O)c1c(F)cccc1F. The number of nitrogens with one attached hydrogen (secondary N) is 2. The fourth-order valence-corrected chi connectivity index (χ4v) is 2.97. The Morgan fingerprint density at radius 1 is 0.767 bits per heavy atom. The Hall–Kier alpha value is -4.07. The number of para-hydroxylation sites is 1. The number of hydrogen-bond acceptors (Lipinski definition) is 3. The molecule has 4 rings (SSSR count). The van der Waals surface area contributed by atoms with Crippen molar-refractivity contribution in [1.29, 1.82) is 0 Å². The highest BCUT2D eigenvalue weighted by molar-refractivity contribution is 6.17.